The fourth-order valence-electron chi connectivity index (χ4n) is 2.29. The molecule has 0 atom stereocenters. The Morgan fingerprint density at radius 2 is 1.61 bits per heavy atom. The fraction of sp³-hybridized carbons (Fsp3) is 0.263. The lowest BCUT2D eigenvalue weighted by molar-refractivity contribution is -0.115. The second-order valence-electron chi connectivity index (χ2n) is 5.85. The highest BCUT2D eigenvalue weighted by Gasteiger charge is 2.10. The Labute approximate surface area is 136 Å². The zero-order chi connectivity index (χ0) is 17.0. The predicted molar refractivity (Wildman–Crippen MR) is 92.8 cm³/mol. The molecule has 2 aromatic carbocycles. The molecule has 0 radical (unpaired) electrons. The quantitative estimate of drug-likeness (QED) is 0.910. The number of hydrogen-bond donors (Lipinski definition) is 2. The van der Waals surface area contributed by atoms with E-state index in [0.717, 1.165) is 27.9 Å². The smallest absolute Gasteiger partial charge is 0.251 e. The van der Waals surface area contributed by atoms with Crippen molar-refractivity contribution in [3.63, 3.8) is 0 Å². The minimum Gasteiger partial charge on any atom is -0.343 e. The first kappa shape index (κ1) is 16.7. The van der Waals surface area contributed by atoms with E-state index in [9.17, 15) is 9.59 Å². The molecule has 2 N–H and O–H groups in total. The van der Waals surface area contributed by atoms with Crippen LogP contribution in [0.3, 0.4) is 0 Å². The maximum Gasteiger partial charge on any atom is 0.251 e. The van der Waals surface area contributed by atoms with Gasteiger partial charge in [0.1, 0.15) is 0 Å². The molecule has 0 aliphatic heterocycles. The lowest BCUT2D eigenvalue weighted by atomic mass is 10.1. The molecule has 0 aliphatic carbocycles. The van der Waals surface area contributed by atoms with Gasteiger partial charge in [0.2, 0.25) is 5.91 Å². The molecule has 23 heavy (non-hydrogen) atoms. The van der Waals surface area contributed by atoms with E-state index in [1.54, 1.807) is 6.07 Å². The molecule has 4 heteroatoms. The number of nitrogens with one attached hydrogen (secondary N) is 2. The number of benzene rings is 2. The van der Waals surface area contributed by atoms with Crippen molar-refractivity contribution in [3.05, 3.63) is 64.2 Å². The van der Waals surface area contributed by atoms with Crippen molar-refractivity contribution in [3.8, 4) is 0 Å². The summed E-state index contributed by atoms with van der Waals surface area (Å²) in [7, 11) is 0. The summed E-state index contributed by atoms with van der Waals surface area (Å²) < 4.78 is 0. The molecule has 0 aromatic heterocycles. The Kier molecular flexibility index (Phi) is 5.16. The highest BCUT2D eigenvalue weighted by molar-refractivity contribution is 5.99. The van der Waals surface area contributed by atoms with Gasteiger partial charge in [-0.3, -0.25) is 9.59 Å². The summed E-state index contributed by atoms with van der Waals surface area (Å²) in [4.78, 5) is 24.1. The van der Waals surface area contributed by atoms with Crippen LogP contribution in [0, 0.1) is 27.7 Å². The number of carbonyl (C=O) groups is 2. The van der Waals surface area contributed by atoms with Gasteiger partial charge in [0.15, 0.2) is 0 Å². The molecule has 0 aliphatic rings. The molecule has 2 amide bonds. The zero-order valence-electron chi connectivity index (χ0n) is 14.0. The Bertz CT molecular complexity index is 751. The highest BCUT2D eigenvalue weighted by atomic mass is 16.2. The summed E-state index contributed by atoms with van der Waals surface area (Å²) in [6.45, 7) is 7.84. The summed E-state index contributed by atoms with van der Waals surface area (Å²) in [6.07, 6.45) is 0. The molecule has 0 heterocycles. The molecule has 2 aromatic rings. The highest BCUT2D eigenvalue weighted by Crippen LogP contribution is 2.15. The minimum absolute atomic E-state index is 0.0565. The van der Waals surface area contributed by atoms with Gasteiger partial charge in [-0.1, -0.05) is 23.8 Å². The molecule has 0 spiro atoms. The molecule has 120 valence electrons. The predicted octanol–water partition coefficient (Wildman–Crippen LogP) is 3.29. The van der Waals surface area contributed by atoms with Gasteiger partial charge in [-0.15, -0.1) is 0 Å². The van der Waals surface area contributed by atoms with E-state index in [-0.39, 0.29) is 18.4 Å². The summed E-state index contributed by atoms with van der Waals surface area (Å²) in [5, 5.41) is 5.46. The number of amides is 2. The monoisotopic (exact) mass is 310 g/mol. The van der Waals surface area contributed by atoms with Gasteiger partial charge in [-0.2, -0.15) is 0 Å². The van der Waals surface area contributed by atoms with Gasteiger partial charge in [-0.05, 0) is 62.6 Å². The van der Waals surface area contributed by atoms with Crippen LogP contribution in [0.1, 0.15) is 32.6 Å². The topological polar surface area (TPSA) is 58.2 Å². The van der Waals surface area contributed by atoms with Crippen LogP contribution in [0.15, 0.2) is 36.4 Å². The van der Waals surface area contributed by atoms with Gasteiger partial charge in [-0.25, -0.2) is 0 Å². The Morgan fingerprint density at radius 3 is 2.26 bits per heavy atom. The number of anilines is 1. The van der Waals surface area contributed by atoms with Crippen LogP contribution in [-0.2, 0) is 4.79 Å². The van der Waals surface area contributed by atoms with Crippen molar-refractivity contribution in [2.24, 2.45) is 0 Å². The van der Waals surface area contributed by atoms with Gasteiger partial charge >= 0.3 is 0 Å². The lowest BCUT2D eigenvalue weighted by Crippen LogP contribution is -2.33. The van der Waals surface area contributed by atoms with E-state index in [1.165, 1.54) is 0 Å². The SMILES string of the molecule is Cc1ccc(NC(=O)CNC(=O)c2ccc(C)c(C)c2)c(C)c1. The van der Waals surface area contributed by atoms with Gasteiger partial charge in [0, 0.05) is 11.3 Å². The Balaban J connectivity index is 1.93. The number of rotatable bonds is 4. The third kappa shape index (κ3) is 4.42. The molecule has 0 fully saturated rings. The van der Waals surface area contributed by atoms with Crippen LogP contribution in [0.25, 0.3) is 0 Å². The van der Waals surface area contributed by atoms with E-state index < -0.39 is 0 Å². The second-order valence-corrected chi connectivity index (χ2v) is 5.85. The van der Waals surface area contributed by atoms with E-state index in [4.69, 9.17) is 0 Å². The number of aryl methyl sites for hydroxylation is 4. The first-order valence-electron chi connectivity index (χ1n) is 7.59. The largest absolute Gasteiger partial charge is 0.343 e. The summed E-state index contributed by atoms with van der Waals surface area (Å²) in [5.41, 5.74) is 5.65. The summed E-state index contributed by atoms with van der Waals surface area (Å²) in [5.74, 6) is -0.488. The molecule has 4 nitrogen and oxygen atoms in total. The number of hydrogen-bond acceptors (Lipinski definition) is 2. The van der Waals surface area contributed by atoms with E-state index in [0.29, 0.717) is 5.56 Å². The Morgan fingerprint density at radius 1 is 0.870 bits per heavy atom. The summed E-state index contributed by atoms with van der Waals surface area (Å²) in [6, 6.07) is 11.3. The molecule has 2 rings (SSSR count). The third-order valence-electron chi connectivity index (χ3n) is 3.83. The van der Waals surface area contributed by atoms with Crippen molar-refractivity contribution < 1.29 is 9.59 Å². The molecule has 0 bridgehead atoms. The summed E-state index contributed by atoms with van der Waals surface area (Å²) >= 11 is 0. The van der Waals surface area contributed by atoms with Crippen molar-refractivity contribution in [2.45, 2.75) is 27.7 Å². The molecule has 0 saturated heterocycles. The van der Waals surface area contributed by atoms with Crippen molar-refractivity contribution in [1.82, 2.24) is 5.32 Å². The molecular formula is C19H22N2O2. The van der Waals surface area contributed by atoms with Crippen LogP contribution < -0.4 is 10.6 Å². The average molecular weight is 310 g/mol. The van der Waals surface area contributed by atoms with Gasteiger partial charge in [0.25, 0.3) is 5.91 Å². The fourth-order valence-corrected chi connectivity index (χ4v) is 2.29. The van der Waals surface area contributed by atoms with Crippen LogP contribution in [-0.4, -0.2) is 18.4 Å². The first-order valence-corrected chi connectivity index (χ1v) is 7.59. The van der Waals surface area contributed by atoms with E-state index in [1.807, 2.05) is 58.0 Å². The maximum absolute atomic E-state index is 12.1. The van der Waals surface area contributed by atoms with Crippen molar-refractivity contribution in [2.75, 3.05) is 11.9 Å². The van der Waals surface area contributed by atoms with Crippen LogP contribution >= 0.6 is 0 Å². The van der Waals surface area contributed by atoms with E-state index in [2.05, 4.69) is 10.6 Å². The van der Waals surface area contributed by atoms with Crippen LogP contribution in [0.5, 0.6) is 0 Å². The van der Waals surface area contributed by atoms with Gasteiger partial charge < -0.3 is 10.6 Å². The number of carbonyl (C=O) groups excluding carboxylic acids is 2. The maximum atomic E-state index is 12.1. The van der Waals surface area contributed by atoms with Crippen molar-refractivity contribution in [1.29, 1.82) is 0 Å². The second kappa shape index (κ2) is 7.09. The molecular weight excluding hydrogens is 288 g/mol. The lowest BCUT2D eigenvalue weighted by Gasteiger charge is -2.10. The minimum atomic E-state index is -0.246. The van der Waals surface area contributed by atoms with Crippen LogP contribution in [0.2, 0.25) is 0 Å². The first-order chi connectivity index (χ1) is 10.9. The third-order valence-corrected chi connectivity index (χ3v) is 3.83. The average Bonchev–Trinajstić information content (AvgIpc) is 2.50. The Hall–Kier alpha value is -2.62. The standard InChI is InChI=1S/C19H22N2O2/c1-12-5-8-17(15(4)9-12)21-18(22)11-20-19(23)16-7-6-13(2)14(3)10-16/h5-10H,11H2,1-4H3,(H,20,23)(H,21,22). The molecule has 0 unspecified atom stereocenters. The van der Waals surface area contributed by atoms with Gasteiger partial charge in [0.05, 0.1) is 6.54 Å². The van der Waals surface area contributed by atoms with Crippen molar-refractivity contribution >= 4 is 17.5 Å². The zero-order valence-corrected chi connectivity index (χ0v) is 14.0. The normalized spacial score (nSPS) is 10.3. The van der Waals surface area contributed by atoms with E-state index >= 15 is 0 Å². The molecule has 0 saturated carbocycles. The van der Waals surface area contributed by atoms with Crippen LogP contribution in [0.4, 0.5) is 5.69 Å².